The van der Waals surface area contributed by atoms with E-state index in [9.17, 15) is 4.79 Å². The molecule has 0 saturated carbocycles. The Balaban J connectivity index is 4.08. The lowest BCUT2D eigenvalue weighted by Crippen LogP contribution is -2.56. The van der Waals surface area contributed by atoms with Crippen molar-refractivity contribution in [3.8, 4) is 0 Å². The van der Waals surface area contributed by atoms with Crippen molar-refractivity contribution in [2.45, 2.75) is 32.7 Å². The monoisotopic (exact) mass is 188 g/mol. The first-order valence-electron chi connectivity index (χ1n) is 4.69. The highest BCUT2D eigenvalue weighted by Gasteiger charge is 2.30. The van der Waals surface area contributed by atoms with Gasteiger partial charge in [-0.3, -0.25) is 4.79 Å². The lowest BCUT2D eigenvalue weighted by Gasteiger charge is -2.26. The molecule has 0 aromatic rings. The van der Waals surface area contributed by atoms with E-state index in [2.05, 4.69) is 5.32 Å². The third-order valence-electron chi connectivity index (χ3n) is 1.90. The van der Waals surface area contributed by atoms with Crippen LogP contribution in [0.3, 0.4) is 0 Å². The van der Waals surface area contributed by atoms with Gasteiger partial charge in [0.05, 0.1) is 6.61 Å². The summed E-state index contributed by atoms with van der Waals surface area (Å²) in [4.78, 5) is 11.1. The molecule has 78 valence electrons. The van der Waals surface area contributed by atoms with E-state index in [1.54, 1.807) is 6.92 Å². The minimum absolute atomic E-state index is 0.332. The van der Waals surface area contributed by atoms with Gasteiger partial charge in [-0.1, -0.05) is 6.92 Å². The summed E-state index contributed by atoms with van der Waals surface area (Å²) >= 11 is 0. The molecule has 4 heteroatoms. The minimum atomic E-state index is -0.730. The Morgan fingerprint density at radius 1 is 1.54 bits per heavy atom. The topological polar surface area (TPSA) is 64.3 Å². The van der Waals surface area contributed by atoms with Gasteiger partial charge in [-0.15, -0.1) is 0 Å². The smallest absolute Gasteiger partial charge is 0.239 e. The zero-order chi connectivity index (χ0) is 10.3. The van der Waals surface area contributed by atoms with Crippen LogP contribution < -0.4 is 11.1 Å². The molecule has 13 heavy (non-hydrogen) atoms. The zero-order valence-electron chi connectivity index (χ0n) is 8.72. The molecule has 0 aromatic carbocycles. The first-order chi connectivity index (χ1) is 6.06. The Hall–Kier alpha value is -0.610. The van der Waals surface area contributed by atoms with Crippen molar-refractivity contribution in [1.29, 1.82) is 0 Å². The van der Waals surface area contributed by atoms with Crippen molar-refractivity contribution in [2.75, 3.05) is 19.8 Å². The Morgan fingerprint density at radius 3 is 2.54 bits per heavy atom. The van der Waals surface area contributed by atoms with Crippen LogP contribution >= 0.6 is 0 Å². The van der Waals surface area contributed by atoms with E-state index in [-0.39, 0.29) is 5.91 Å². The molecule has 0 aliphatic rings. The third-order valence-corrected chi connectivity index (χ3v) is 1.90. The molecule has 0 spiro atoms. The van der Waals surface area contributed by atoms with Crippen LogP contribution in [-0.2, 0) is 9.53 Å². The number of primary amides is 1. The second kappa shape index (κ2) is 5.94. The van der Waals surface area contributed by atoms with Crippen LogP contribution in [-0.4, -0.2) is 31.2 Å². The molecule has 0 aliphatic heterocycles. The first-order valence-corrected chi connectivity index (χ1v) is 4.69. The molecule has 0 bridgehead atoms. The average Bonchev–Trinajstić information content (AvgIpc) is 2.11. The Bertz CT molecular complexity index is 152. The van der Waals surface area contributed by atoms with Crippen LogP contribution in [0.15, 0.2) is 0 Å². The molecule has 0 fully saturated rings. The normalized spacial score (nSPS) is 15.3. The summed E-state index contributed by atoms with van der Waals surface area (Å²) in [5, 5.41) is 3.08. The van der Waals surface area contributed by atoms with Crippen LogP contribution in [0.1, 0.15) is 27.2 Å². The summed E-state index contributed by atoms with van der Waals surface area (Å²) in [6.07, 6.45) is 0.967. The number of hydrogen-bond donors (Lipinski definition) is 2. The Kier molecular flexibility index (Phi) is 5.66. The molecule has 0 radical (unpaired) electrons. The van der Waals surface area contributed by atoms with Crippen LogP contribution in [0.4, 0.5) is 0 Å². The lowest BCUT2D eigenvalue weighted by atomic mass is 10.0. The highest BCUT2D eigenvalue weighted by atomic mass is 16.5. The summed E-state index contributed by atoms with van der Waals surface area (Å²) in [6, 6.07) is 0. The molecular formula is C9H20N2O2. The van der Waals surface area contributed by atoms with Crippen LogP contribution in [0, 0.1) is 0 Å². The summed E-state index contributed by atoms with van der Waals surface area (Å²) in [5.41, 5.74) is 4.54. The largest absolute Gasteiger partial charge is 0.379 e. The van der Waals surface area contributed by atoms with Gasteiger partial charge in [-0.25, -0.2) is 0 Å². The van der Waals surface area contributed by atoms with Crippen molar-refractivity contribution in [3.63, 3.8) is 0 Å². The van der Waals surface area contributed by atoms with E-state index in [4.69, 9.17) is 10.5 Å². The molecule has 0 aliphatic carbocycles. The number of hydrogen-bond acceptors (Lipinski definition) is 3. The van der Waals surface area contributed by atoms with Gasteiger partial charge < -0.3 is 15.8 Å². The molecule has 1 atom stereocenters. The SMILES string of the molecule is CCCNC(C)(COCC)C(N)=O. The molecule has 0 saturated heterocycles. The molecule has 0 aromatic heterocycles. The average molecular weight is 188 g/mol. The number of nitrogens with one attached hydrogen (secondary N) is 1. The van der Waals surface area contributed by atoms with Crippen molar-refractivity contribution in [1.82, 2.24) is 5.32 Å². The highest BCUT2D eigenvalue weighted by molar-refractivity contribution is 5.84. The standard InChI is InChI=1S/C9H20N2O2/c1-4-6-11-9(3,8(10)12)7-13-5-2/h11H,4-7H2,1-3H3,(H2,10,12). The van der Waals surface area contributed by atoms with Crippen molar-refractivity contribution >= 4 is 5.91 Å². The maximum atomic E-state index is 11.1. The van der Waals surface area contributed by atoms with E-state index >= 15 is 0 Å². The first kappa shape index (κ1) is 12.4. The van der Waals surface area contributed by atoms with Crippen LogP contribution in [0.25, 0.3) is 0 Å². The minimum Gasteiger partial charge on any atom is -0.379 e. The van der Waals surface area contributed by atoms with Gasteiger partial charge in [0.1, 0.15) is 5.54 Å². The zero-order valence-corrected chi connectivity index (χ0v) is 8.72. The Morgan fingerprint density at radius 2 is 2.15 bits per heavy atom. The van der Waals surface area contributed by atoms with Crippen molar-refractivity contribution < 1.29 is 9.53 Å². The fourth-order valence-electron chi connectivity index (χ4n) is 0.916. The van der Waals surface area contributed by atoms with E-state index < -0.39 is 5.54 Å². The van der Waals surface area contributed by atoms with Crippen molar-refractivity contribution in [2.24, 2.45) is 5.73 Å². The lowest BCUT2D eigenvalue weighted by molar-refractivity contribution is -0.126. The number of nitrogens with two attached hydrogens (primary N) is 1. The highest BCUT2D eigenvalue weighted by Crippen LogP contribution is 2.03. The molecule has 4 nitrogen and oxygen atoms in total. The molecule has 1 unspecified atom stereocenters. The van der Waals surface area contributed by atoms with E-state index in [0.29, 0.717) is 13.2 Å². The van der Waals surface area contributed by atoms with Gasteiger partial charge in [0.2, 0.25) is 5.91 Å². The fourth-order valence-corrected chi connectivity index (χ4v) is 0.916. The molecular weight excluding hydrogens is 168 g/mol. The van der Waals surface area contributed by atoms with Crippen LogP contribution in [0.2, 0.25) is 0 Å². The summed E-state index contributed by atoms with van der Waals surface area (Å²) < 4.78 is 5.19. The molecule has 3 N–H and O–H groups in total. The van der Waals surface area contributed by atoms with Gasteiger partial charge in [0.15, 0.2) is 0 Å². The Labute approximate surface area is 79.8 Å². The van der Waals surface area contributed by atoms with Gasteiger partial charge >= 0.3 is 0 Å². The van der Waals surface area contributed by atoms with Gasteiger partial charge in [0.25, 0.3) is 0 Å². The van der Waals surface area contributed by atoms with E-state index in [1.165, 1.54) is 0 Å². The van der Waals surface area contributed by atoms with Crippen LogP contribution in [0.5, 0.6) is 0 Å². The molecule has 0 rings (SSSR count). The number of rotatable bonds is 7. The number of ether oxygens (including phenoxy) is 1. The van der Waals surface area contributed by atoms with E-state index in [1.807, 2.05) is 13.8 Å². The third kappa shape index (κ3) is 4.24. The van der Waals surface area contributed by atoms with Gasteiger partial charge in [0, 0.05) is 6.61 Å². The second-order valence-corrected chi connectivity index (χ2v) is 3.26. The van der Waals surface area contributed by atoms with Crippen molar-refractivity contribution in [3.05, 3.63) is 0 Å². The maximum Gasteiger partial charge on any atom is 0.239 e. The predicted octanol–water partition coefficient (Wildman–Crippen LogP) is 0.267. The van der Waals surface area contributed by atoms with E-state index in [0.717, 1.165) is 13.0 Å². The summed E-state index contributed by atoms with van der Waals surface area (Å²) in [7, 11) is 0. The molecule has 1 amide bonds. The molecule has 0 heterocycles. The number of carbonyl (C=O) groups is 1. The quantitative estimate of drug-likeness (QED) is 0.602. The number of amides is 1. The summed E-state index contributed by atoms with van der Waals surface area (Å²) in [6.45, 7) is 7.39. The van der Waals surface area contributed by atoms with Gasteiger partial charge in [-0.05, 0) is 26.8 Å². The fraction of sp³-hybridized carbons (Fsp3) is 0.889. The second-order valence-electron chi connectivity index (χ2n) is 3.26. The van der Waals surface area contributed by atoms with Gasteiger partial charge in [-0.2, -0.15) is 0 Å². The summed E-state index contributed by atoms with van der Waals surface area (Å²) in [5.74, 6) is -0.366. The number of carbonyl (C=O) groups excluding carboxylic acids is 1. The predicted molar refractivity (Wildman–Crippen MR) is 52.4 cm³/mol. The maximum absolute atomic E-state index is 11.1.